The Kier molecular flexibility index (Phi) is 7.97. The molecule has 0 bridgehead atoms. The predicted octanol–water partition coefficient (Wildman–Crippen LogP) is 2.55. The molecule has 0 atom stereocenters. The van der Waals surface area contributed by atoms with Crippen LogP contribution in [0.15, 0.2) is 24.8 Å². The van der Waals surface area contributed by atoms with Crippen molar-refractivity contribution in [1.29, 1.82) is 0 Å². The molecule has 1 rings (SSSR count). The fraction of sp³-hybridized carbons (Fsp3) is 0.556. The highest BCUT2D eigenvalue weighted by molar-refractivity contribution is 4.96. The van der Waals surface area contributed by atoms with Crippen LogP contribution in [0.2, 0.25) is 0 Å². The van der Waals surface area contributed by atoms with Crippen LogP contribution in [0.25, 0.3) is 0 Å². The molecule has 1 nitrogen and oxygen atoms in total. The molecule has 1 heteroatoms. The van der Waals surface area contributed by atoms with Crippen molar-refractivity contribution < 1.29 is 4.74 Å². The summed E-state index contributed by atoms with van der Waals surface area (Å²) in [5.74, 6) is 0. The van der Waals surface area contributed by atoms with E-state index in [1.807, 2.05) is 6.08 Å². The number of ether oxygens (including phenoxy) is 1. The summed E-state index contributed by atoms with van der Waals surface area (Å²) in [5, 5.41) is 0. The molecule has 0 N–H and O–H groups in total. The Balaban J connectivity index is 0.000000172. The van der Waals surface area contributed by atoms with Gasteiger partial charge in [-0.05, 0) is 12.8 Å². The van der Waals surface area contributed by atoms with Gasteiger partial charge in [0.25, 0.3) is 0 Å². The molecule has 0 aromatic rings. The Morgan fingerprint density at radius 3 is 2.10 bits per heavy atom. The van der Waals surface area contributed by atoms with E-state index in [1.165, 1.54) is 6.42 Å². The molecule has 58 valence electrons. The van der Waals surface area contributed by atoms with Crippen molar-refractivity contribution in [3.63, 3.8) is 0 Å². The maximum Gasteiger partial charge on any atom is 0.0488 e. The second-order valence-corrected chi connectivity index (χ2v) is 2.04. The van der Waals surface area contributed by atoms with Gasteiger partial charge in [0, 0.05) is 13.2 Å². The summed E-state index contributed by atoms with van der Waals surface area (Å²) < 4.78 is 4.72. The lowest BCUT2D eigenvalue weighted by Gasteiger charge is -2.09. The first-order valence-electron chi connectivity index (χ1n) is 3.77. The third-order valence-corrected chi connectivity index (χ3v) is 1.09. The van der Waals surface area contributed by atoms with Crippen LogP contribution in [-0.4, -0.2) is 13.2 Å². The van der Waals surface area contributed by atoms with Gasteiger partial charge in [-0.1, -0.05) is 31.7 Å². The van der Waals surface area contributed by atoms with Crippen LogP contribution in [0.4, 0.5) is 0 Å². The van der Waals surface area contributed by atoms with Gasteiger partial charge in [0.1, 0.15) is 0 Å². The van der Waals surface area contributed by atoms with Crippen molar-refractivity contribution in [3.05, 3.63) is 24.8 Å². The zero-order valence-corrected chi connectivity index (χ0v) is 6.68. The highest BCUT2D eigenvalue weighted by Crippen LogP contribution is 1.93. The maximum absolute atomic E-state index is 4.72. The van der Waals surface area contributed by atoms with Crippen molar-refractivity contribution in [3.8, 4) is 0 Å². The van der Waals surface area contributed by atoms with E-state index in [9.17, 15) is 0 Å². The van der Waals surface area contributed by atoms with Gasteiger partial charge in [-0.2, -0.15) is 0 Å². The molecule has 0 aromatic heterocycles. The van der Waals surface area contributed by atoms with Crippen LogP contribution in [0.1, 0.15) is 19.8 Å². The zero-order chi connectivity index (χ0) is 7.66. The van der Waals surface area contributed by atoms with E-state index in [0.717, 1.165) is 19.6 Å². The van der Waals surface area contributed by atoms with Crippen molar-refractivity contribution >= 4 is 0 Å². The lowest BCUT2D eigenvalue weighted by atomic mass is 10.4. The van der Waals surface area contributed by atoms with Crippen molar-refractivity contribution in [2.75, 3.05) is 13.2 Å². The van der Waals surface area contributed by atoms with Crippen LogP contribution in [-0.2, 0) is 4.74 Å². The molecule has 10 heavy (non-hydrogen) atoms. The van der Waals surface area contributed by atoms with Crippen LogP contribution in [0, 0.1) is 0 Å². The summed E-state index contributed by atoms with van der Waals surface area (Å²) in [6, 6.07) is 0. The Bertz CT molecular complexity index is 86.9. The molecular weight excluding hydrogens is 124 g/mol. The molecule has 0 radical (unpaired) electrons. The summed E-state index contributed by atoms with van der Waals surface area (Å²) in [5.41, 5.74) is 0. The number of rotatable bonds is 2. The van der Waals surface area contributed by atoms with Crippen molar-refractivity contribution in [2.45, 2.75) is 19.8 Å². The molecule has 0 aromatic carbocycles. The van der Waals surface area contributed by atoms with Gasteiger partial charge in [-0.3, -0.25) is 0 Å². The third-order valence-electron chi connectivity index (χ3n) is 1.09. The first kappa shape index (κ1) is 9.44. The number of hydrogen-bond donors (Lipinski definition) is 0. The molecular formula is C9H16O. The average molecular weight is 140 g/mol. The van der Waals surface area contributed by atoms with E-state index in [4.69, 9.17) is 4.74 Å². The average Bonchev–Trinajstić information content (AvgIpc) is 1.79. The van der Waals surface area contributed by atoms with Crippen LogP contribution in [0.3, 0.4) is 0 Å². The highest BCUT2D eigenvalue weighted by atomic mass is 16.5. The first-order chi connectivity index (χ1) is 4.91. The van der Waals surface area contributed by atoms with Gasteiger partial charge in [-0.15, -0.1) is 0 Å². The third kappa shape index (κ3) is 7.44. The maximum atomic E-state index is 4.72. The van der Waals surface area contributed by atoms with Gasteiger partial charge in [0.15, 0.2) is 0 Å². The predicted molar refractivity (Wildman–Crippen MR) is 45.1 cm³/mol. The smallest absolute Gasteiger partial charge is 0.0488 e. The van der Waals surface area contributed by atoms with E-state index in [1.54, 1.807) is 6.08 Å². The quantitative estimate of drug-likeness (QED) is 0.535. The lowest BCUT2D eigenvalue weighted by molar-refractivity contribution is 0.0367. The minimum absolute atomic E-state index is 1.00. The topological polar surface area (TPSA) is 9.23 Å². The van der Waals surface area contributed by atoms with Crippen LogP contribution in [0.5, 0.6) is 0 Å². The minimum atomic E-state index is 1.00. The van der Waals surface area contributed by atoms with Gasteiger partial charge in [-0.25, -0.2) is 0 Å². The van der Waals surface area contributed by atoms with Gasteiger partial charge in [0.05, 0.1) is 0 Å². The summed E-state index contributed by atoms with van der Waals surface area (Å²) in [6.45, 7) is 7.61. The summed E-state index contributed by atoms with van der Waals surface area (Å²) in [6.07, 6.45) is 8.17. The standard InChI is InChI=1S/C6H10.C3H6O/c1-3-5-6-4-2;1-2-4-3-1/h3,5-6H,1,4H2,2H3;1-3H2. The molecule has 0 unspecified atom stereocenters. The summed E-state index contributed by atoms with van der Waals surface area (Å²) in [4.78, 5) is 0. The van der Waals surface area contributed by atoms with Crippen LogP contribution < -0.4 is 0 Å². The molecule has 1 aliphatic heterocycles. The second kappa shape index (κ2) is 8.44. The van der Waals surface area contributed by atoms with E-state index < -0.39 is 0 Å². The van der Waals surface area contributed by atoms with Crippen molar-refractivity contribution in [2.24, 2.45) is 0 Å². The van der Waals surface area contributed by atoms with Gasteiger partial charge < -0.3 is 4.74 Å². The van der Waals surface area contributed by atoms with Gasteiger partial charge in [0.2, 0.25) is 0 Å². The molecule has 0 amide bonds. The highest BCUT2D eigenvalue weighted by Gasteiger charge is 1.94. The molecule has 1 fully saturated rings. The molecule has 0 aliphatic carbocycles. The Morgan fingerprint density at radius 2 is 2.00 bits per heavy atom. The first-order valence-corrected chi connectivity index (χ1v) is 3.77. The van der Waals surface area contributed by atoms with Crippen LogP contribution >= 0.6 is 0 Å². The SMILES string of the molecule is C1COC1.C=CC=CCC. The summed E-state index contributed by atoms with van der Waals surface area (Å²) in [7, 11) is 0. The minimum Gasteiger partial charge on any atom is -0.381 e. The molecule has 1 aliphatic rings. The van der Waals surface area contributed by atoms with E-state index in [2.05, 4.69) is 19.6 Å². The number of allylic oxidation sites excluding steroid dienone is 3. The monoisotopic (exact) mass is 140 g/mol. The Morgan fingerprint density at radius 1 is 1.50 bits per heavy atom. The fourth-order valence-electron chi connectivity index (χ4n) is 0.377. The summed E-state index contributed by atoms with van der Waals surface area (Å²) >= 11 is 0. The molecule has 1 saturated heterocycles. The van der Waals surface area contributed by atoms with Crippen molar-refractivity contribution in [1.82, 2.24) is 0 Å². The van der Waals surface area contributed by atoms with E-state index in [0.29, 0.717) is 0 Å². The lowest BCUT2D eigenvalue weighted by Crippen LogP contribution is -2.09. The second-order valence-electron chi connectivity index (χ2n) is 2.04. The molecule has 0 saturated carbocycles. The normalized spacial score (nSPS) is 15.3. The largest absolute Gasteiger partial charge is 0.381 e. The number of hydrogen-bond acceptors (Lipinski definition) is 1. The fourth-order valence-corrected chi connectivity index (χ4v) is 0.377. The van der Waals surface area contributed by atoms with E-state index >= 15 is 0 Å². The Labute approximate surface area is 63.4 Å². The molecule has 1 heterocycles. The Hall–Kier alpha value is -0.560. The zero-order valence-electron chi connectivity index (χ0n) is 6.68. The van der Waals surface area contributed by atoms with E-state index in [-0.39, 0.29) is 0 Å². The van der Waals surface area contributed by atoms with Gasteiger partial charge >= 0.3 is 0 Å². The molecule has 0 spiro atoms.